The van der Waals surface area contributed by atoms with Gasteiger partial charge < -0.3 is 5.11 Å². The zero-order chi connectivity index (χ0) is 16.9. The van der Waals surface area contributed by atoms with Crippen LogP contribution in [0.2, 0.25) is 0 Å². The third-order valence-corrected chi connectivity index (χ3v) is 5.69. The molecule has 1 N–H and O–H groups in total. The average molecular weight is 325 g/mol. The Morgan fingerprint density at radius 3 is 1.74 bits per heavy atom. The number of carbonyl (C=O) groups is 1. The molecule has 0 bridgehead atoms. The maximum absolute atomic E-state index is 10.9. The molecule has 2 heteroatoms. The van der Waals surface area contributed by atoms with Crippen LogP contribution in [-0.2, 0) is 4.79 Å². The molecular formula is C21H40O2. The number of hydrogen-bond acceptors (Lipinski definition) is 1. The summed E-state index contributed by atoms with van der Waals surface area (Å²) >= 11 is 0. The summed E-state index contributed by atoms with van der Waals surface area (Å²) in [7, 11) is 0. The van der Waals surface area contributed by atoms with E-state index in [-0.39, 0.29) is 5.92 Å². The molecule has 1 aliphatic rings. The van der Waals surface area contributed by atoms with E-state index in [2.05, 4.69) is 6.92 Å². The highest BCUT2D eigenvalue weighted by Gasteiger charge is 2.42. The zero-order valence-corrected chi connectivity index (χ0v) is 15.7. The summed E-state index contributed by atoms with van der Waals surface area (Å²) in [5.41, 5.74) is 0. The van der Waals surface area contributed by atoms with E-state index < -0.39 is 5.97 Å². The van der Waals surface area contributed by atoms with Crippen molar-refractivity contribution in [1.82, 2.24) is 0 Å². The standard InChI is InChI=1S/C21H40O2/c1-3-4-5-6-7-8-9-10-11-12-13-14-15-16-19-17-20(19)18(2)21(22)23/h18-20H,3-17H2,1-2H3,(H,22,23). The van der Waals surface area contributed by atoms with Gasteiger partial charge in [0.15, 0.2) is 0 Å². The van der Waals surface area contributed by atoms with Crippen LogP contribution >= 0.6 is 0 Å². The first-order valence-electron chi connectivity index (χ1n) is 10.4. The minimum atomic E-state index is -0.608. The van der Waals surface area contributed by atoms with Gasteiger partial charge in [0, 0.05) is 0 Å². The van der Waals surface area contributed by atoms with Crippen LogP contribution in [0.4, 0.5) is 0 Å². The molecule has 0 heterocycles. The molecule has 0 spiro atoms. The molecule has 2 nitrogen and oxygen atoms in total. The molecule has 0 amide bonds. The number of carboxylic acid groups (broad SMARTS) is 1. The summed E-state index contributed by atoms with van der Waals surface area (Å²) in [4.78, 5) is 10.9. The maximum atomic E-state index is 10.9. The Bertz CT molecular complexity index is 300. The van der Waals surface area contributed by atoms with Gasteiger partial charge in [-0.05, 0) is 18.3 Å². The molecule has 0 aliphatic heterocycles. The van der Waals surface area contributed by atoms with Crippen molar-refractivity contribution in [3.63, 3.8) is 0 Å². The van der Waals surface area contributed by atoms with Crippen molar-refractivity contribution in [2.24, 2.45) is 17.8 Å². The summed E-state index contributed by atoms with van der Waals surface area (Å²) in [6.07, 6.45) is 20.6. The number of hydrogen-bond donors (Lipinski definition) is 1. The van der Waals surface area contributed by atoms with Crippen LogP contribution in [0.25, 0.3) is 0 Å². The van der Waals surface area contributed by atoms with Gasteiger partial charge in [0.1, 0.15) is 0 Å². The molecule has 0 aromatic heterocycles. The first-order chi connectivity index (χ1) is 11.2. The predicted molar refractivity (Wildman–Crippen MR) is 98.7 cm³/mol. The molecule has 0 aromatic rings. The third-order valence-electron chi connectivity index (χ3n) is 5.69. The van der Waals surface area contributed by atoms with Gasteiger partial charge in [-0.15, -0.1) is 0 Å². The Hall–Kier alpha value is -0.530. The number of unbranched alkanes of at least 4 members (excludes halogenated alkanes) is 12. The van der Waals surface area contributed by atoms with E-state index in [0.717, 1.165) is 6.42 Å². The Morgan fingerprint density at radius 1 is 0.870 bits per heavy atom. The van der Waals surface area contributed by atoms with Gasteiger partial charge in [0.2, 0.25) is 0 Å². The molecule has 136 valence electrons. The third kappa shape index (κ3) is 10.0. The molecule has 0 saturated heterocycles. The van der Waals surface area contributed by atoms with Crippen LogP contribution in [0.5, 0.6) is 0 Å². The molecule has 3 atom stereocenters. The first-order valence-corrected chi connectivity index (χ1v) is 10.4. The van der Waals surface area contributed by atoms with E-state index in [1.54, 1.807) is 0 Å². The van der Waals surface area contributed by atoms with Crippen molar-refractivity contribution in [2.75, 3.05) is 0 Å². The fraction of sp³-hybridized carbons (Fsp3) is 0.952. The smallest absolute Gasteiger partial charge is 0.306 e. The Labute approximate surface area is 144 Å². The fourth-order valence-corrected chi connectivity index (χ4v) is 3.82. The van der Waals surface area contributed by atoms with Crippen molar-refractivity contribution in [3.8, 4) is 0 Å². The molecule has 23 heavy (non-hydrogen) atoms. The lowest BCUT2D eigenvalue weighted by Crippen LogP contribution is -2.12. The maximum Gasteiger partial charge on any atom is 0.306 e. The Balaban J connectivity index is 1.75. The predicted octanol–water partition coefficient (Wildman–Crippen LogP) is 6.82. The number of carboxylic acids is 1. The van der Waals surface area contributed by atoms with Crippen molar-refractivity contribution >= 4 is 5.97 Å². The molecular weight excluding hydrogens is 284 g/mol. The topological polar surface area (TPSA) is 37.3 Å². The van der Waals surface area contributed by atoms with Crippen LogP contribution in [0.15, 0.2) is 0 Å². The summed E-state index contributed by atoms with van der Waals surface area (Å²) in [6, 6.07) is 0. The highest BCUT2D eigenvalue weighted by atomic mass is 16.4. The van der Waals surface area contributed by atoms with Crippen molar-refractivity contribution in [1.29, 1.82) is 0 Å². The zero-order valence-electron chi connectivity index (χ0n) is 15.7. The molecule has 1 aliphatic carbocycles. The van der Waals surface area contributed by atoms with Crippen LogP contribution in [-0.4, -0.2) is 11.1 Å². The molecule has 0 aromatic carbocycles. The second-order valence-corrected chi connectivity index (χ2v) is 7.82. The lowest BCUT2D eigenvalue weighted by Gasteiger charge is -2.05. The van der Waals surface area contributed by atoms with Crippen LogP contribution < -0.4 is 0 Å². The van der Waals surface area contributed by atoms with Gasteiger partial charge in [-0.3, -0.25) is 4.79 Å². The average Bonchev–Trinajstić information content (AvgIpc) is 3.30. The highest BCUT2D eigenvalue weighted by Crippen LogP contribution is 2.47. The summed E-state index contributed by atoms with van der Waals surface area (Å²) < 4.78 is 0. The lowest BCUT2D eigenvalue weighted by atomic mass is 10.0. The summed E-state index contributed by atoms with van der Waals surface area (Å²) in [6.45, 7) is 4.15. The largest absolute Gasteiger partial charge is 0.481 e. The van der Waals surface area contributed by atoms with Crippen LogP contribution in [0.1, 0.15) is 110 Å². The van der Waals surface area contributed by atoms with Crippen molar-refractivity contribution < 1.29 is 9.90 Å². The SMILES string of the molecule is CCCCCCCCCCCCCCCC1CC1C(C)C(=O)O. The summed E-state index contributed by atoms with van der Waals surface area (Å²) in [5.74, 6) is 0.462. The lowest BCUT2D eigenvalue weighted by molar-refractivity contribution is -0.141. The second kappa shape index (κ2) is 12.8. The normalized spacial score (nSPS) is 21.3. The van der Waals surface area contributed by atoms with Crippen molar-refractivity contribution in [3.05, 3.63) is 0 Å². The minimum Gasteiger partial charge on any atom is -0.481 e. The minimum absolute atomic E-state index is 0.123. The van der Waals surface area contributed by atoms with E-state index >= 15 is 0 Å². The van der Waals surface area contributed by atoms with Crippen LogP contribution in [0.3, 0.4) is 0 Å². The number of rotatable bonds is 16. The molecule has 0 radical (unpaired) electrons. The Kier molecular flexibility index (Phi) is 11.5. The van der Waals surface area contributed by atoms with Gasteiger partial charge in [-0.2, -0.15) is 0 Å². The molecule has 1 saturated carbocycles. The van der Waals surface area contributed by atoms with E-state index in [0.29, 0.717) is 11.8 Å². The van der Waals surface area contributed by atoms with E-state index in [4.69, 9.17) is 5.11 Å². The van der Waals surface area contributed by atoms with Gasteiger partial charge in [-0.1, -0.05) is 104 Å². The molecule has 1 fully saturated rings. The number of aliphatic carboxylic acids is 1. The fourth-order valence-electron chi connectivity index (χ4n) is 3.82. The monoisotopic (exact) mass is 324 g/mol. The second-order valence-electron chi connectivity index (χ2n) is 7.82. The molecule has 3 unspecified atom stereocenters. The molecule has 1 rings (SSSR count). The van der Waals surface area contributed by atoms with Gasteiger partial charge in [0.25, 0.3) is 0 Å². The van der Waals surface area contributed by atoms with E-state index in [1.807, 2.05) is 6.92 Å². The van der Waals surface area contributed by atoms with Gasteiger partial charge in [0.05, 0.1) is 5.92 Å². The van der Waals surface area contributed by atoms with Crippen LogP contribution in [0, 0.1) is 17.8 Å². The van der Waals surface area contributed by atoms with E-state index in [1.165, 1.54) is 89.9 Å². The van der Waals surface area contributed by atoms with Gasteiger partial charge >= 0.3 is 5.97 Å². The quantitative estimate of drug-likeness (QED) is 0.316. The summed E-state index contributed by atoms with van der Waals surface area (Å²) in [5, 5.41) is 8.99. The van der Waals surface area contributed by atoms with Crippen molar-refractivity contribution in [2.45, 2.75) is 110 Å². The van der Waals surface area contributed by atoms with E-state index in [9.17, 15) is 4.79 Å². The van der Waals surface area contributed by atoms with Gasteiger partial charge in [-0.25, -0.2) is 0 Å². The highest BCUT2D eigenvalue weighted by molar-refractivity contribution is 5.70. The first kappa shape index (κ1) is 20.5. The Morgan fingerprint density at radius 2 is 1.30 bits per heavy atom.